The molecule has 8 heteroatoms. The lowest BCUT2D eigenvalue weighted by Gasteiger charge is -2.33. The minimum atomic E-state index is -0.468. The highest BCUT2D eigenvalue weighted by Gasteiger charge is 2.27. The van der Waals surface area contributed by atoms with Gasteiger partial charge in [0, 0.05) is 38.9 Å². The molecule has 2 N–H and O–H groups in total. The molecule has 1 aromatic rings. The molecule has 0 radical (unpaired) electrons. The maximum absolute atomic E-state index is 12.3. The number of hydrogen-bond acceptors (Lipinski definition) is 4. The summed E-state index contributed by atoms with van der Waals surface area (Å²) in [6.07, 6.45) is 4.45. The number of rotatable bonds is 6. The molecule has 0 spiro atoms. The van der Waals surface area contributed by atoms with Crippen molar-refractivity contribution in [2.24, 2.45) is 10.9 Å². The van der Waals surface area contributed by atoms with Crippen molar-refractivity contribution in [2.75, 3.05) is 32.7 Å². The first-order valence-electron chi connectivity index (χ1n) is 10.4. The zero-order valence-electron chi connectivity index (χ0n) is 18.0. The Morgan fingerprint density at radius 1 is 1.38 bits per heavy atom. The van der Waals surface area contributed by atoms with Crippen LogP contribution < -0.4 is 10.6 Å². The topological polar surface area (TPSA) is 78.9 Å². The van der Waals surface area contributed by atoms with E-state index < -0.39 is 5.60 Å². The summed E-state index contributed by atoms with van der Waals surface area (Å²) in [7, 11) is 0. The Hall–Kier alpha value is -2.02. The molecule has 2 heterocycles. The van der Waals surface area contributed by atoms with Gasteiger partial charge in [0.15, 0.2) is 5.96 Å². The number of aliphatic imine (C=N–C) groups is 1. The van der Waals surface area contributed by atoms with E-state index in [9.17, 15) is 4.79 Å². The molecule has 1 aliphatic heterocycles. The smallest absolute Gasteiger partial charge is 0.410 e. The lowest BCUT2D eigenvalue weighted by Crippen LogP contribution is -2.44. The van der Waals surface area contributed by atoms with Gasteiger partial charge in [0.1, 0.15) is 10.8 Å². The molecule has 1 saturated heterocycles. The van der Waals surface area contributed by atoms with Gasteiger partial charge in [-0.05, 0) is 64.5 Å². The molecule has 1 amide bonds. The number of guanidine groups is 1. The maximum atomic E-state index is 12.3. The molecule has 29 heavy (non-hydrogen) atoms. The SMILES string of the molecule is CCNC(=NCC1CCCN(C(=O)OC(C)(C)C)C1)NCCc1ccc(Cl)nc1. The van der Waals surface area contributed by atoms with E-state index in [-0.39, 0.29) is 6.09 Å². The van der Waals surface area contributed by atoms with Crippen LogP contribution in [0.15, 0.2) is 23.3 Å². The number of halogens is 1. The zero-order chi connectivity index (χ0) is 21.3. The summed E-state index contributed by atoms with van der Waals surface area (Å²) in [6.45, 7) is 11.4. The predicted molar refractivity (Wildman–Crippen MR) is 117 cm³/mol. The van der Waals surface area contributed by atoms with E-state index in [1.165, 1.54) is 0 Å². The van der Waals surface area contributed by atoms with Gasteiger partial charge < -0.3 is 20.3 Å². The van der Waals surface area contributed by atoms with Crippen molar-refractivity contribution in [3.63, 3.8) is 0 Å². The minimum absolute atomic E-state index is 0.229. The third-order valence-electron chi connectivity index (χ3n) is 4.52. The summed E-state index contributed by atoms with van der Waals surface area (Å²) in [5, 5.41) is 7.15. The molecule has 1 aliphatic rings. The average Bonchev–Trinajstić information content (AvgIpc) is 2.66. The van der Waals surface area contributed by atoms with Crippen molar-refractivity contribution in [2.45, 2.75) is 52.6 Å². The Morgan fingerprint density at radius 2 is 2.17 bits per heavy atom. The summed E-state index contributed by atoms with van der Waals surface area (Å²) in [5.41, 5.74) is 0.655. The molecule has 0 saturated carbocycles. The van der Waals surface area contributed by atoms with Crippen LogP contribution in [0.1, 0.15) is 46.1 Å². The molecular weight excluding hydrogens is 390 g/mol. The van der Waals surface area contributed by atoms with E-state index in [1.54, 1.807) is 12.3 Å². The molecule has 1 unspecified atom stereocenters. The summed E-state index contributed by atoms with van der Waals surface area (Å²) < 4.78 is 5.51. The summed E-state index contributed by atoms with van der Waals surface area (Å²) >= 11 is 5.83. The van der Waals surface area contributed by atoms with Gasteiger partial charge in [-0.25, -0.2) is 9.78 Å². The van der Waals surface area contributed by atoms with Gasteiger partial charge in [-0.3, -0.25) is 4.99 Å². The van der Waals surface area contributed by atoms with Crippen molar-refractivity contribution in [1.29, 1.82) is 0 Å². The highest BCUT2D eigenvalue weighted by Crippen LogP contribution is 2.19. The number of pyridine rings is 1. The molecule has 0 aliphatic carbocycles. The number of likely N-dealkylation sites (tertiary alicyclic amines) is 1. The third kappa shape index (κ3) is 8.90. The summed E-state index contributed by atoms with van der Waals surface area (Å²) in [6, 6.07) is 3.78. The Kier molecular flexibility index (Phi) is 9.01. The zero-order valence-corrected chi connectivity index (χ0v) is 18.8. The second-order valence-electron chi connectivity index (χ2n) is 8.32. The first kappa shape index (κ1) is 23.3. The lowest BCUT2D eigenvalue weighted by molar-refractivity contribution is 0.0170. The van der Waals surface area contributed by atoms with Crippen LogP contribution in [0.4, 0.5) is 4.79 Å². The first-order chi connectivity index (χ1) is 13.8. The number of carbonyl (C=O) groups excluding carboxylic acids is 1. The van der Waals surface area contributed by atoms with E-state index in [0.29, 0.717) is 24.2 Å². The summed E-state index contributed by atoms with van der Waals surface area (Å²) in [5.74, 6) is 1.14. The standard InChI is InChI=1S/C21H34ClN5O2/c1-5-23-19(24-11-10-16-8-9-18(22)25-13-16)26-14-17-7-6-12-27(15-17)20(28)29-21(2,3)4/h8-9,13,17H,5-7,10-12,14-15H2,1-4H3,(H2,23,24,26). The van der Waals surface area contributed by atoms with Crippen molar-refractivity contribution in [3.8, 4) is 0 Å². The molecule has 0 bridgehead atoms. The summed E-state index contributed by atoms with van der Waals surface area (Å²) in [4.78, 5) is 23.0. The second kappa shape index (κ2) is 11.2. The molecule has 0 aromatic carbocycles. The van der Waals surface area contributed by atoms with Crippen molar-refractivity contribution >= 4 is 23.7 Å². The van der Waals surface area contributed by atoms with Gasteiger partial charge in [0.25, 0.3) is 0 Å². The van der Waals surface area contributed by atoms with Crippen LogP contribution in [0.5, 0.6) is 0 Å². The van der Waals surface area contributed by atoms with Gasteiger partial charge in [0.05, 0.1) is 0 Å². The normalized spacial score (nSPS) is 17.8. The first-order valence-corrected chi connectivity index (χ1v) is 10.7. The highest BCUT2D eigenvalue weighted by molar-refractivity contribution is 6.29. The van der Waals surface area contributed by atoms with Crippen LogP contribution >= 0.6 is 11.6 Å². The number of hydrogen-bond donors (Lipinski definition) is 2. The van der Waals surface area contributed by atoms with Gasteiger partial charge >= 0.3 is 6.09 Å². The van der Waals surface area contributed by atoms with E-state index >= 15 is 0 Å². The lowest BCUT2D eigenvalue weighted by atomic mass is 9.98. The Labute approximate surface area is 179 Å². The molecule has 162 valence electrons. The molecule has 1 aromatic heterocycles. The Bertz CT molecular complexity index is 673. The van der Waals surface area contributed by atoms with Gasteiger partial charge in [-0.1, -0.05) is 17.7 Å². The number of aromatic nitrogens is 1. The Balaban J connectivity index is 1.83. The van der Waals surface area contributed by atoms with E-state index in [2.05, 4.69) is 15.6 Å². The number of nitrogens with zero attached hydrogens (tertiary/aromatic N) is 3. The van der Waals surface area contributed by atoms with E-state index in [0.717, 1.165) is 50.4 Å². The van der Waals surface area contributed by atoms with Crippen molar-refractivity contribution in [1.82, 2.24) is 20.5 Å². The number of ether oxygens (including phenoxy) is 1. The Morgan fingerprint density at radius 3 is 2.83 bits per heavy atom. The number of carbonyl (C=O) groups is 1. The maximum Gasteiger partial charge on any atom is 0.410 e. The molecule has 1 fully saturated rings. The average molecular weight is 424 g/mol. The quantitative estimate of drug-likeness (QED) is 0.416. The molecular formula is C21H34ClN5O2. The predicted octanol–water partition coefficient (Wildman–Crippen LogP) is 3.48. The van der Waals surface area contributed by atoms with Crippen molar-refractivity contribution in [3.05, 3.63) is 29.0 Å². The van der Waals surface area contributed by atoms with Crippen LogP contribution in [0.2, 0.25) is 5.15 Å². The van der Waals surface area contributed by atoms with Crippen LogP contribution in [-0.4, -0.2) is 60.3 Å². The number of piperidine rings is 1. The third-order valence-corrected chi connectivity index (χ3v) is 4.74. The van der Waals surface area contributed by atoms with Crippen LogP contribution in [0.3, 0.4) is 0 Å². The van der Waals surface area contributed by atoms with Crippen LogP contribution in [0.25, 0.3) is 0 Å². The fraction of sp³-hybridized carbons (Fsp3) is 0.667. The van der Waals surface area contributed by atoms with Gasteiger partial charge in [0.2, 0.25) is 0 Å². The minimum Gasteiger partial charge on any atom is -0.444 e. The number of amides is 1. The molecule has 2 rings (SSSR count). The fourth-order valence-electron chi connectivity index (χ4n) is 3.15. The largest absolute Gasteiger partial charge is 0.444 e. The van der Waals surface area contributed by atoms with Gasteiger partial charge in [-0.2, -0.15) is 0 Å². The fourth-order valence-corrected chi connectivity index (χ4v) is 3.26. The van der Waals surface area contributed by atoms with Crippen LogP contribution in [-0.2, 0) is 11.2 Å². The monoisotopic (exact) mass is 423 g/mol. The van der Waals surface area contributed by atoms with Crippen LogP contribution in [0, 0.1) is 5.92 Å². The number of nitrogens with one attached hydrogen (secondary N) is 2. The van der Waals surface area contributed by atoms with E-state index in [4.69, 9.17) is 21.3 Å². The molecule has 1 atom stereocenters. The molecule has 7 nitrogen and oxygen atoms in total. The van der Waals surface area contributed by atoms with Gasteiger partial charge in [-0.15, -0.1) is 0 Å². The van der Waals surface area contributed by atoms with Crippen molar-refractivity contribution < 1.29 is 9.53 Å². The van der Waals surface area contributed by atoms with E-state index in [1.807, 2.05) is 38.7 Å². The second-order valence-corrected chi connectivity index (χ2v) is 8.71. The highest BCUT2D eigenvalue weighted by atomic mass is 35.5.